The van der Waals surface area contributed by atoms with E-state index in [0.717, 1.165) is 12.2 Å². The van der Waals surface area contributed by atoms with Crippen LogP contribution in [0.15, 0.2) is 24.3 Å². The monoisotopic (exact) mass is 293 g/mol. The van der Waals surface area contributed by atoms with Crippen molar-refractivity contribution in [2.75, 3.05) is 12.3 Å². The van der Waals surface area contributed by atoms with Gasteiger partial charge in [0.2, 0.25) is 0 Å². The van der Waals surface area contributed by atoms with Crippen LogP contribution >= 0.6 is 11.8 Å². The van der Waals surface area contributed by atoms with Gasteiger partial charge >= 0.3 is 5.97 Å². The van der Waals surface area contributed by atoms with Crippen molar-refractivity contribution in [3.05, 3.63) is 35.4 Å². The number of amides is 1. The van der Waals surface area contributed by atoms with Crippen molar-refractivity contribution < 1.29 is 14.7 Å². The van der Waals surface area contributed by atoms with E-state index in [9.17, 15) is 14.7 Å². The topological polar surface area (TPSA) is 57.6 Å². The molecule has 1 saturated heterocycles. The summed E-state index contributed by atoms with van der Waals surface area (Å²) in [5.41, 5.74) is 0.371. The number of carboxylic acids is 1. The first-order valence-corrected chi connectivity index (χ1v) is 7.86. The molecule has 0 aromatic heterocycles. The number of nitrogens with zero attached hydrogens (tertiary/aromatic N) is 1. The Labute approximate surface area is 123 Å². The molecule has 4 nitrogen and oxygen atoms in total. The number of rotatable bonds is 3. The van der Waals surface area contributed by atoms with E-state index in [-0.39, 0.29) is 23.1 Å². The van der Waals surface area contributed by atoms with Crippen LogP contribution < -0.4 is 0 Å². The van der Waals surface area contributed by atoms with Gasteiger partial charge in [0.25, 0.3) is 5.91 Å². The van der Waals surface area contributed by atoms with E-state index in [2.05, 4.69) is 13.8 Å². The lowest BCUT2D eigenvalue weighted by molar-refractivity contribution is 0.0644. The van der Waals surface area contributed by atoms with Crippen molar-refractivity contribution in [2.45, 2.75) is 31.6 Å². The zero-order chi connectivity index (χ0) is 14.7. The maximum atomic E-state index is 12.7. The molecule has 1 aromatic rings. The first-order valence-electron chi connectivity index (χ1n) is 6.81. The number of aromatic carboxylic acids is 1. The van der Waals surface area contributed by atoms with Gasteiger partial charge in [0.05, 0.1) is 11.1 Å². The molecule has 1 heterocycles. The van der Waals surface area contributed by atoms with E-state index in [1.165, 1.54) is 6.07 Å². The van der Waals surface area contributed by atoms with Gasteiger partial charge in [-0.3, -0.25) is 4.79 Å². The Morgan fingerprint density at radius 1 is 1.35 bits per heavy atom. The Hall–Kier alpha value is -1.49. The van der Waals surface area contributed by atoms with Crippen LogP contribution in [-0.2, 0) is 0 Å². The summed E-state index contributed by atoms with van der Waals surface area (Å²) in [6.45, 7) is 4.87. The van der Waals surface area contributed by atoms with Gasteiger partial charge in [-0.1, -0.05) is 26.0 Å². The smallest absolute Gasteiger partial charge is 0.336 e. The largest absolute Gasteiger partial charge is 0.478 e. The lowest BCUT2D eigenvalue weighted by atomic mass is 10.0. The third-order valence-corrected chi connectivity index (χ3v) is 4.98. The van der Waals surface area contributed by atoms with Crippen molar-refractivity contribution in [2.24, 2.45) is 0 Å². The van der Waals surface area contributed by atoms with Crippen molar-refractivity contribution in [3.8, 4) is 0 Å². The van der Waals surface area contributed by atoms with Crippen LogP contribution in [0.3, 0.4) is 0 Å². The zero-order valence-electron chi connectivity index (χ0n) is 11.7. The van der Waals surface area contributed by atoms with Crippen molar-refractivity contribution in [1.82, 2.24) is 4.90 Å². The Morgan fingerprint density at radius 2 is 2.00 bits per heavy atom. The number of carbonyl (C=O) groups is 2. The van der Waals surface area contributed by atoms with Gasteiger partial charge in [0.1, 0.15) is 0 Å². The fourth-order valence-electron chi connectivity index (χ4n) is 2.68. The second-order valence-electron chi connectivity index (χ2n) is 4.90. The second-order valence-corrected chi connectivity index (χ2v) is 6.39. The summed E-state index contributed by atoms with van der Waals surface area (Å²) in [5.74, 6) is -0.318. The van der Waals surface area contributed by atoms with Crippen LogP contribution in [0.1, 0.15) is 41.0 Å². The first kappa shape index (κ1) is 14.9. The SMILES string of the molecule is CCC1C(C)SCCN1C(=O)c1ccccc1C(=O)O. The van der Waals surface area contributed by atoms with Crippen molar-refractivity contribution in [3.63, 3.8) is 0 Å². The van der Waals surface area contributed by atoms with Crippen molar-refractivity contribution in [1.29, 1.82) is 0 Å². The number of benzene rings is 1. The minimum atomic E-state index is -1.05. The van der Waals surface area contributed by atoms with Crippen LogP contribution in [0.5, 0.6) is 0 Å². The molecular weight excluding hydrogens is 274 g/mol. The van der Waals surface area contributed by atoms with Crippen LogP contribution in [0.2, 0.25) is 0 Å². The maximum Gasteiger partial charge on any atom is 0.336 e. The summed E-state index contributed by atoms with van der Waals surface area (Å²) in [6.07, 6.45) is 0.884. The van der Waals surface area contributed by atoms with E-state index in [4.69, 9.17) is 0 Å². The molecule has 1 fully saturated rings. The number of thioether (sulfide) groups is 1. The highest BCUT2D eigenvalue weighted by molar-refractivity contribution is 8.00. The molecule has 0 bridgehead atoms. The minimum absolute atomic E-state index is 0.0817. The Morgan fingerprint density at radius 3 is 2.60 bits per heavy atom. The molecule has 1 aliphatic heterocycles. The Bertz CT molecular complexity index is 518. The fourth-order valence-corrected chi connectivity index (χ4v) is 3.92. The zero-order valence-corrected chi connectivity index (χ0v) is 12.5. The molecule has 0 saturated carbocycles. The molecule has 1 amide bonds. The molecule has 5 heteroatoms. The predicted octanol–water partition coefficient (Wildman–Crippen LogP) is 2.74. The van der Waals surface area contributed by atoms with Crippen LogP contribution in [0.25, 0.3) is 0 Å². The molecule has 2 unspecified atom stereocenters. The van der Waals surface area contributed by atoms with Gasteiger partial charge in [-0.25, -0.2) is 4.79 Å². The molecule has 1 aliphatic rings. The molecule has 2 rings (SSSR count). The molecule has 0 spiro atoms. The predicted molar refractivity (Wildman–Crippen MR) is 80.4 cm³/mol. The number of carbonyl (C=O) groups excluding carboxylic acids is 1. The van der Waals surface area contributed by atoms with E-state index in [1.54, 1.807) is 18.2 Å². The second kappa shape index (κ2) is 6.31. The molecule has 1 N–H and O–H groups in total. The standard InChI is InChI=1S/C15H19NO3S/c1-3-13-10(2)20-9-8-16(13)14(17)11-6-4-5-7-12(11)15(18)19/h4-7,10,13H,3,8-9H2,1-2H3,(H,18,19). The number of carboxylic acid groups (broad SMARTS) is 1. The fraction of sp³-hybridized carbons (Fsp3) is 0.467. The van der Waals surface area contributed by atoms with E-state index in [1.807, 2.05) is 16.7 Å². The molecule has 0 aliphatic carbocycles. The molecule has 1 aromatic carbocycles. The molecule has 0 radical (unpaired) electrons. The summed E-state index contributed by atoms with van der Waals surface area (Å²) < 4.78 is 0. The van der Waals surface area contributed by atoms with Gasteiger partial charge in [-0.05, 0) is 18.6 Å². The minimum Gasteiger partial charge on any atom is -0.478 e. The van der Waals surface area contributed by atoms with Gasteiger partial charge in [-0.2, -0.15) is 11.8 Å². The van der Waals surface area contributed by atoms with Crippen LogP contribution in [0.4, 0.5) is 0 Å². The lowest BCUT2D eigenvalue weighted by Gasteiger charge is -2.39. The third kappa shape index (κ3) is 2.82. The number of hydrogen-bond acceptors (Lipinski definition) is 3. The lowest BCUT2D eigenvalue weighted by Crippen LogP contribution is -2.49. The van der Waals surface area contributed by atoms with Crippen molar-refractivity contribution >= 4 is 23.6 Å². The summed E-state index contributed by atoms with van der Waals surface area (Å²) >= 11 is 1.87. The third-order valence-electron chi connectivity index (χ3n) is 3.72. The van der Waals surface area contributed by atoms with E-state index >= 15 is 0 Å². The quantitative estimate of drug-likeness (QED) is 0.931. The van der Waals surface area contributed by atoms with E-state index in [0.29, 0.717) is 11.8 Å². The molecular formula is C15H19NO3S. The van der Waals surface area contributed by atoms with Gasteiger partial charge in [0, 0.05) is 23.6 Å². The molecule has 2 atom stereocenters. The summed E-state index contributed by atoms with van der Waals surface area (Å²) in [4.78, 5) is 25.8. The summed E-state index contributed by atoms with van der Waals surface area (Å²) in [7, 11) is 0. The molecule has 108 valence electrons. The highest BCUT2D eigenvalue weighted by Crippen LogP contribution is 2.28. The Kier molecular flexibility index (Phi) is 4.70. The highest BCUT2D eigenvalue weighted by atomic mass is 32.2. The first-order chi connectivity index (χ1) is 9.56. The van der Waals surface area contributed by atoms with Crippen LogP contribution in [0, 0.1) is 0 Å². The maximum absolute atomic E-state index is 12.7. The average Bonchev–Trinajstić information content (AvgIpc) is 2.46. The summed E-state index contributed by atoms with van der Waals surface area (Å²) in [5, 5.41) is 9.60. The van der Waals surface area contributed by atoms with Gasteiger partial charge < -0.3 is 10.0 Å². The highest BCUT2D eigenvalue weighted by Gasteiger charge is 2.32. The van der Waals surface area contributed by atoms with E-state index < -0.39 is 5.97 Å². The van der Waals surface area contributed by atoms with Gasteiger partial charge in [0.15, 0.2) is 0 Å². The normalized spacial score (nSPS) is 22.6. The van der Waals surface area contributed by atoms with Crippen LogP contribution in [-0.4, -0.2) is 45.5 Å². The Balaban J connectivity index is 2.33. The average molecular weight is 293 g/mol. The number of hydrogen-bond donors (Lipinski definition) is 1. The summed E-state index contributed by atoms with van der Waals surface area (Å²) in [6, 6.07) is 6.61. The molecule has 20 heavy (non-hydrogen) atoms. The van der Waals surface area contributed by atoms with Gasteiger partial charge in [-0.15, -0.1) is 0 Å².